The molecule has 2 aliphatic heterocycles. The van der Waals surface area contributed by atoms with E-state index in [1.54, 1.807) is 11.3 Å². The predicted molar refractivity (Wildman–Crippen MR) is 184 cm³/mol. The minimum Gasteiger partial charge on any atom is -0.399 e. The van der Waals surface area contributed by atoms with Gasteiger partial charge < -0.3 is 17.4 Å². The van der Waals surface area contributed by atoms with E-state index in [0.717, 1.165) is 46.6 Å². The fourth-order valence-corrected chi connectivity index (χ4v) is 11.6. The van der Waals surface area contributed by atoms with Crippen molar-refractivity contribution in [3.8, 4) is 20.9 Å². The van der Waals surface area contributed by atoms with E-state index >= 15 is 0 Å². The van der Waals surface area contributed by atoms with Crippen LogP contribution >= 0.6 is 46.2 Å². The number of hydrogen-bond acceptors (Lipinski definition) is 9. The summed E-state index contributed by atoms with van der Waals surface area (Å²) in [4.78, 5) is 7.78. The van der Waals surface area contributed by atoms with E-state index in [1.807, 2.05) is 53.1 Å². The molecule has 3 atom stereocenters. The molecule has 6 N–H and O–H groups in total. The summed E-state index contributed by atoms with van der Waals surface area (Å²) in [6, 6.07) is 19.3. The first-order valence-electron chi connectivity index (χ1n) is 13.8. The highest BCUT2D eigenvalue weighted by molar-refractivity contribution is 8.09. The third-order valence-corrected chi connectivity index (χ3v) is 13.8. The molecule has 0 saturated heterocycles. The van der Waals surface area contributed by atoms with Crippen molar-refractivity contribution >= 4 is 68.2 Å². The summed E-state index contributed by atoms with van der Waals surface area (Å²) in [5.74, 6) is 12.3. The van der Waals surface area contributed by atoms with Gasteiger partial charge in [-0.2, -0.15) is 10.2 Å². The molecule has 0 spiro atoms. The molecule has 3 unspecified atom stereocenters. The highest BCUT2D eigenvalue weighted by Crippen LogP contribution is 2.60. The van der Waals surface area contributed by atoms with Crippen molar-refractivity contribution in [3.05, 3.63) is 116 Å². The first-order valence-corrected chi connectivity index (χ1v) is 17.2. The Kier molecular flexibility index (Phi) is 6.26. The number of thiophene rings is 2. The normalized spacial score (nSPS) is 23.6. The van der Waals surface area contributed by atoms with Crippen LogP contribution < -0.4 is 17.4 Å². The van der Waals surface area contributed by atoms with Gasteiger partial charge in [0.2, 0.25) is 0 Å². The van der Waals surface area contributed by atoms with Gasteiger partial charge in [0.1, 0.15) is 0 Å². The van der Waals surface area contributed by atoms with Gasteiger partial charge in [-0.3, -0.25) is 0 Å². The molecule has 0 bridgehead atoms. The molecule has 5 nitrogen and oxygen atoms in total. The molecule has 2 aromatic carbocycles. The van der Waals surface area contributed by atoms with Crippen LogP contribution in [0.15, 0.2) is 94.5 Å². The maximum Gasteiger partial charge on any atom is 0.0992 e. The van der Waals surface area contributed by atoms with E-state index in [9.17, 15) is 0 Å². The highest BCUT2D eigenvalue weighted by Gasteiger charge is 2.44. The molecule has 9 heteroatoms. The van der Waals surface area contributed by atoms with Crippen molar-refractivity contribution < 1.29 is 0 Å². The van der Waals surface area contributed by atoms with Gasteiger partial charge in [-0.25, -0.2) is 0 Å². The number of nitrogens with two attached hydrogens (primary N) is 3. The van der Waals surface area contributed by atoms with E-state index in [1.165, 1.54) is 46.0 Å². The van der Waals surface area contributed by atoms with E-state index in [-0.39, 0.29) is 11.2 Å². The number of hydrazone groups is 2. The summed E-state index contributed by atoms with van der Waals surface area (Å²) in [6.45, 7) is 3.90. The van der Waals surface area contributed by atoms with Gasteiger partial charge in [0.25, 0.3) is 0 Å². The monoisotopic (exact) mass is 621 g/mol. The van der Waals surface area contributed by atoms with Crippen LogP contribution in [-0.4, -0.2) is 11.4 Å². The summed E-state index contributed by atoms with van der Waals surface area (Å²) in [5.41, 5.74) is 15.5. The van der Waals surface area contributed by atoms with E-state index in [0.29, 0.717) is 5.25 Å². The Labute approximate surface area is 261 Å². The summed E-state index contributed by atoms with van der Waals surface area (Å²) >= 11 is 7.52. The van der Waals surface area contributed by atoms with Gasteiger partial charge in [-0.05, 0) is 71.3 Å². The van der Waals surface area contributed by atoms with E-state index in [4.69, 9.17) is 17.4 Å². The van der Waals surface area contributed by atoms with Crippen molar-refractivity contribution in [2.45, 2.75) is 23.3 Å². The second kappa shape index (κ2) is 10.1. The number of allylic oxidation sites excluding steroid dienone is 4. The lowest BCUT2D eigenvalue weighted by molar-refractivity contribution is 0.877. The summed E-state index contributed by atoms with van der Waals surface area (Å²) in [5, 5.41) is 9.33. The minimum absolute atomic E-state index is 0.135. The van der Waals surface area contributed by atoms with E-state index < -0.39 is 0 Å². The zero-order chi connectivity index (χ0) is 28.5. The van der Waals surface area contributed by atoms with E-state index in [2.05, 4.69) is 71.4 Å². The Morgan fingerprint density at radius 1 is 0.881 bits per heavy atom. The van der Waals surface area contributed by atoms with Crippen LogP contribution in [0, 0.1) is 5.92 Å². The predicted octanol–water partition coefficient (Wildman–Crippen LogP) is 8.51. The van der Waals surface area contributed by atoms with Crippen molar-refractivity contribution in [1.29, 1.82) is 0 Å². The average molecular weight is 622 g/mol. The smallest absolute Gasteiger partial charge is 0.0992 e. The number of anilines is 1. The molecule has 4 aromatic rings. The van der Waals surface area contributed by atoms with Gasteiger partial charge in [0.15, 0.2) is 0 Å². The van der Waals surface area contributed by atoms with Gasteiger partial charge in [0, 0.05) is 68.8 Å². The Morgan fingerprint density at radius 3 is 2.50 bits per heavy atom. The van der Waals surface area contributed by atoms with Gasteiger partial charge >= 0.3 is 0 Å². The van der Waals surface area contributed by atoms with Gasteiger partial charge in [-0.15, -0.1) is 52.8 Å². The number of thioether (sulfide) groups is 2. The topological polar surface area (TPSA) is 103 Å². The molecular weight excluding hydrogens is 595 g/mol. The van der Waals surface area contributed by atoms with Gasteiger partial charge in [0.05, 0.1) is 11.4 Å². The number of rotatable bonds is 5. The molecule has 2 aromatic heterocycles. The zero-order valence-corrected chi connectivity index (χ0v) is 25.8. The molecule has 2 aliphatic carbocycles. The molecule has 0 radical (unpaired) electrons. The third-order valence-electron chi connectivity index (χ3n) is 8.33. The molecule has 42 heavy (non-hydrogen) atoms. The van der Waals surface area contributed by atoms with Gasteiger partial charge in [-0.1, -0.05) is 30.4 Å². The zero-order valence-electron chi connectivity index (χ0n) is 22.5. The summed E-state index contributed by atoms with van der Waals surface area (Å²) < 4.78 is 0. The molecule has 0 fully saturated rings. The lowest BCUT2D eigenvalue weighted by Crippen LogP contribution is -2.10. The molecule has 208 valence electrons. The fraction of sp³-hybridized carbons (Fsp3) is 0.152. The molecule has 4 aliphatic rings. The van der Waals surface area contributed by atoms with Crippen LogP contribution in [0.1, 0.15) is 55.3 Å². The maximum absolute atomic E-state index is 6.08. The Bertz CT molecular complexity index is 1910. The van der Waals surface area contributed by atoms with Crippen LogP contribution in [0.3, 0.4) is 0 Å². The van der Waals surface area contributed by atoms with Crippen LogP contribution in [0.5, 0.6) is 0 Å². The largest absolute Gasteiger partial charge is 0.399 e. The maximum atomic E-state index is 6.08. The molecular formula is C33H27N5S4. The first kappa shape index (κ1) is 26.2. The summed E-state index contributed by atoms with van der Waals surface area (Å²) in [6.07, 6.45) is 8.66. The molecule has 0 amide bonds. The van der Waals surface area contributed by atoms with Crippen LogP contribution in [0.2, 0.25) is 0 Å². The Balaban J connectivity index is 1.12. The third kappa shape index (κ3) is 3.98. The van der Waals surface area contributed by atoms with Crippen molar-refractivity contribution in [3.63, 3.8) is 0 Å². The average Bonchev–Trinajstić information content (AvgIpc) is 3.82. The fourth-order valence-electron chi connectivity index (χ4n) is 6.38. The Hall–Kier alpha value is -3.50. The molecule has 4 heterocycles. The highest BCUT2D eigenvalue weighted by atomic mass is 32.2. The second-order valence-corrected chi connectivity index (χ2v) is 15.4. The quantitative estimate of drug-likeness (QED) is 0.0790. The standard InChI is InChI=1S/C33H27N5S4/c1-2-3-18-8-9-26(39-18)28-14-23-30(37-35)19-13-22-20(12-21(19)32(23)41-28)31(38-36)24-15-29(42-33(22)24)27-11-10-25(40-27)16-4-6-17(34)7-5-16/h2,4-8,10-15,24,26,33H,1,3,9,34-36H2/b37-30-,38-31-. The SMILES string of the molecule is C=CCC1=CCC(c2cc3c(s2)-c2cc4c(cc2/C3=N/N)C2SC(c3ccc(-c5ccc(N)cc5)s3)=CC2/C4=N\N)S1. The number of fused-ring (bicyclic) bond motifs is 6. The first-order chi connectivity index (χ1) is 20.6. The minimum atomic E-state index is 0.135. The summed E-state index contributed by atoms with van der Waals surface area (Å²) in [7, 11) is 0. The van der Waals surface area contributed by atoms with Crippen LogP contribution in [0.4, 0.5) is 5.69 Å². The molecule has 0 saturated carbocycles. The van der Waals surface area contributed by atoms with Crippen molar-refractivity contribution in [2.24, 2.45) is 27.8 Å². The lowest BCUT2D eigenvalue weighted by Gasteiger charge is -2.12. The van der Waals surface area contributed by atoms with Crippen LogP contribution in [0.25, 0.3) is 25.8 Å². The van der Waals surface area contributed by atoms with Crippen molar-refractivity contribution in [1.82, 2.24) is 0 Å². The Morgan fingerprint density at radius 2 is 1.71 bits per heavy atom. The lowest BCUT2D eigenvalue weighted by atomic mass is 10.0. The van der Waals surface area contributed by atoms with Crippen molar-refractivity contribution in [2.75, 3.05) is 5.73 Å². The van der Waals surface area contributed by atoms with Crippen LogP contribution in [-0.2, 0) is 0 Å². The number of hydrogen-bond donors (Lipinski definition) is 3. The number of benzene rings is 2. The molecule has 8 rings (SSSR count). The number of nitrogens with zero attached hydrogens (tertiary/aromatic N) is 2. The number of nitrogen functional groups attached to an aromatic ring is 1. The second-order valence-electron chi connectivity index (χ2n) is 10.8.